The van der Waals surface area contributed by atoms with E-state index in [1.54, 1.807) is 0 Å². The lowest BCUT2D eigenvalue weighted by Gasteiger charge is -2.28. The van der Waals surface area contributed by atoms with Gasteiger partial charge in [-0.05, 0) is 33.1 Å². The molecule has 1 heterocycles. The maximum atomic E-state index is 12.3. The third-order valence-electron chi connectivity index (χ3n) is 9.80. The van der Waals surface area contributed by atoms with Gasteiger partial charge in [-0.1, -0.05) is 177 Å². The second kappa shape index (κ2) is 27.4. The van der Waals surface area contributed by atoms with Gasteiger partial charge in [0.15, 0.2) is 0 Å². The Kier molecular flexibility index (Phi) is 22.7. The Hall–Kier alpha value is -3.25. The number of hydrogen-bond acceptors (Lipinski definition) is 5. The maximum Gasteiger partial charge on any atom is 0.245 e. The summed E-state index contributed by atoms with van der Waals surface area (Å²) in [4.78, 5) is 24.6. The molecule has 1 amide bonds. The smallest absolute Gasteiger partial charge is 0.245 e. The van der Waals surface area contributed by atoms with E-state index in [1.807, 2.05) is 42.6 Å². The van der Waals surface area contributed by atoms with Crippen molar-refractivity contribution in [1.82, 2.24) is 15.3 Å². The zero-order valence-corrected chi connectivity index (χ0v) is 32.6. The second-order valence-corrected chi connectivity index (χ2v) is 14.6. The summed E-state index contributed by atoms with van der Waals surface area (Å²) in [5.74, 6) is 0.872. The highest BCUT2D eigenvalue weighted by Gasteiger charge is 2.17. The first-order valence-corrected chi connectivity index (χ1v) is 20.7. The second-order valence-electron chi connectivity index (χ2n) is 14.6. The van der Waals surface area contributed by atoms with E-state index >= 15 is 0 Å². The van der Waals surface area contributed by atoms with Gasteiger partial charge in [0.1, 0.15) is 12.4 Å². The van der Waals surface area contributed by atoms with E-state index in [4.69, 9.17) is 14.7 Å². The Morgan fingerprint density at radius 2 is 1.14 bits per heavy atom. The van der Waals surface area contributed by atoms with Crippen LogP contribution >= 0.6 is 0 Å². The summed E-state index contributed by atoms with van der Waals surface area (Å²) in [6.07, 6.45) is 28.4. The average Bonchev–Trinajstić information content (AvgIpc) is 3.15. The molecule has 0 saturated heterocycles. The molecule has 0 fully saturated rings. The van der Waals surface area contributed by atoms with Crippen LogP contribution in [0.15, 0.2) is 66.9 Å². The molecule has 0 aliphatic rings. The first kappa shape index (κ1) is 42.2. The van der Waals surface area contributed by atoms with Crippen LogP contribution < -0.4 is 10.2 Å². The number of anilines is 1. The molecule has 6 nitrogen and oxygen atoms in total. The Bertz CT molecular complexity index is 1280. The molecule has 0 saturated carbocycles. The van der Waals surface area contributed by atoms with Crippen molar-refractivity contribution in [1.29, 1.82) is 0 Å². The number of carbonyl (C=O) groups is 1. The van der Waals surface area contributed by atoms with Gasteiger partial charge in [0.25, 0.3) is 0 Å². The number of rotatable bonds is 30. The van der Waals surface area contributed by atoms with Gasteiger partial charge in [-0.15, -0.1) is 0 Å². The van der Waals surface area contributed by atoms with Gasteiger partial charge < -0.3 is 15.0 Å². The van der Waals surface area contributed by atoms with Crippen LogP contribution in [0.1, 0.15) is 149 Å². The van der Waals surface area contributed by atoms with Crippen LogP contribution in [0.4, 0.5) is 5.82 Å². The Labute approximate surface area is 311 Å². The summed E-state index contributed by atoms with van der Waals surface area (Å²) in [6.45, 7) is 8.98. The SMILES string of the molecule is CCCCCCCCCCCCCCCCCCCCNC(=O)COCCCCN(c1cnc(-c2ccccc2)c(-c2ccccc2)n1)C(C)C. The topological polar surface area (TPSA) is 67.3 Å². The maximum absolute atomic E-state index is 12.3. The van der Waals surface area contributed by atoms with Crippen molar-refractivity contribution in [2.75, 3.05) is 31.2 Å². The predicted molar refractivity (Wildman–Crippen MR) is 217 cm³/mol. The molecule has 1 aromatic heterocycles. The monoisotopic (exact) mass is 699 g/mol. The largest absolute Gasteiger partial charge is 0.372 e. The van der Waals surface area contributed by atoms with E-state index in [1.165, 1.54) is 109 Å². The number of benzene rings is 2. The summed E-state index contributed by atoms with van der Waals surface area (Å²) in [5, 5.41) is 3.03. The third-order valence-corrected chi connectivity index (χ3v) is 9.80. The van der Waals surface area contributed by atoms with E-state index in [2.05, 4.69) is 55.3 Å². The molecule has 3 aromatic rings. The van der Waals surface area contributed by atoms with Crippen LogP contribution in [0, 0.1) is 0 Å². The Morgan fingerprint density at radius 3 is 1.65 bits per heavy atom. The van der Waals surface area contributed by atoms with Crippen molar-refractivity contribution >= 4 is 11.7 Å². The molecule has 0 radical (unpaired) electrons. The van der Waals surface area contributed by atoms with Crippen LogP contribution in [0.25, 0.3) is 22.5 Å². The summed E-state index contributed by atoms with van der Waals surface area (Å²) in [5.41, 5.74) is 3.90. The van der Waals surface area contributed by atoms with Gasteiger partial charge >= 0.3 is 0 Å². The first-order chi connectivity index (χ1) is 25.1. The lowest BCUT2D eigenvalue weighted by atomic mass is 10.0. The zero-order chi connectivity index (χ0) is 36.2. The molecule has 282 valence electrons. The Balaban J connectivity index is 1.19. The molecule has 0 bridgehead atoms. The van der Waals surface area contributed by atoms with Crippen molar-refractivity contribution < 1.29 is 9.53 Å². The lowest BCUT2D eigenvalue weighted by molar-refractivity contribution is -0.125. The van der Waals surface area contributed by atoms with Crippen molar-refractivity contribution in [3.63, 3.8) is 0 Å². The standard InChI is InChI=1S/C45H70N4O2/c1-4-5-6-7-8-9-10-11-12-13-14-15-16-17-18-19-20-27-34-46-43(50)38-51-36-29-28-35-49(39(2)3)42-37-47-44(40-30-23-21-24-31-40)45(48-42)41-32-25-22-26-33-41/h21-26,30-33,37,39H,4-20,27-29,34-36,38H2,1-3H3,(H,46,50). The number of amides is 1. The molecule has 2 aromatic carbocycles. The van der Waals surface area contributed by atoms with Crippen molar-refractivity contribution in [3.8, 4) is 22.5 Å². The van der Waals surface area contributed by atoms with E-state index in [-0.39, 0.29) is 18.6 Å². The number of carbonyl (C=O) groups excluding carboxylic acids is 1. The fourth-order valence-corrected chi connectivity index (χ4v) is 6.72. The van der Waals surface area contributed by atoms with Crippen LogP contribution in [0.5, 0.6) is 0 Å². The highest BCUT2D eigenvalue weighted by molar-refractivity contribution is 5.79. The number of unbranched alkanes of at least 4 members (excludes halogenated alkanes) is 18. The molecule has 51 heavy (non-hydrogen) atoms. The molecule has 6 heteroatoms. The number of hydrogen-bond donors (Lipinski definition) is 1. The predicted octanol–water partition coefficient (Wildman–Crippen LogP) is 12.0. The minimum atomic E-state index is -0.00648. The third kappa shape index (κ3) is 18.2. The molecular weight excluding hydrogens is 629 g/mol. The van der Waals surface area contributed by atoms with Gasteiger partial charge in [0, 0.05) is 36.9 Å². The van der Waals surface area contributed by atoms with Gasteiger partial charge in [-0.3, -0.25) is 9.78 Å². The van der Waals surface area contributed by atoms with Gasteiger partial charge in [-0.2, -0.15) is 0 Å². The lowest BCUT2D eigenvalue weighted by Crippen LogP contribution is -2.33. The number of aromatic nitrogens is 2. The minimum Gasteiger partial charge on any atom is -0.372 e. The van der Waals surface area contributed by atoms with Crippen LogP contribution in [0.3, 0.4) is 0 Å². The van der Waals surface area contributed by atoms with Gasteiger partial charge in [-0.25, -0.2) is 4.98 Å². The van der Waals surface area contributed by atoms with E-state index in [0.29, 0.717) is 6.61 Å². The molecular formula is C45H70N4O2. The number of nitrogens with zero attached hydrogens (tertiary/aromatic N) is 3. The normalized spacial score (nSPS) is 11.3. The zero-order valence-electron chi connectivity index (χ0n) is 32.6. The van der Waals surface area contributed by atoms with Gasteiger partial charge in [0.05, 0.1) is 17.6 Å². The highest BCUT2D eigenvalue weighted by Crippen LogP contribution is 2.31. The van der Waals surface area contributed by atoms with E-state index < -0.39 is 0 Å². The summed E-state index contributed by atoms with van der Waals surface area (Å²) < 4.78 is 5.72. The van der Waals surface area contributed by atoms with E-state index in [9.17, 15) is 4.79 Å². The minimum absolute atomic E-state index is 0.00648. The number of nitrogens with one attached hydrogen (secondary N) is 1. The summed E-state index contributed by atoms with van der Waals surface area (Å²) in [7, 11) is 0. The Morgan fingerprint density at radius 1 is 0.647 bits per heavy atom. The van der Waals surface area contributed by atoms with Crippen molar-refractivity contribution in [3.05, 3.63) is 66.9 Å². The fraction of sp³-hybridized carbons (Fsp3) is 0.622. The van der Waals surface area contributed by atoms with Crippen LogP contribution in [-0.4, -0.2) is 48.2 Å². The van der Waals surface area contributed by atoms with E-state index in [0.717, 1.165) is 60.7 Å². The molecule has 0 atom stereocenters. The van der Waals surface area contributed by atoms with Crippen molar-refractivity contribution in [2.24, 2.45) is 0 Å². The molecule has 3 rings (SSSR count). The quantitative estimate of drug-likeness (QED) is 0.0702. The first-order valence-electron chi connectivity index (χ1n) is 20.7. The molecule has 0 unspecified atom stereocenters. The highest BCUT2D eigenvalue weighted by atomic mass is 16.5. The van der Waals surface area contributed by atoms with Gasteiger partial charge in [0.2, 0.25) is 5.91 Å². The molecule has 1 N–H and O–H groups in total. The van der Waals surface area contributed by atoms with Crippen LogP contribution in [0.2, 0.25) is 0 Å². The molecule has 0 aliphatic carbocycles. The molecule has 0 spiro atoms. The number of ether oxygens (including phenoxy) is 1. The summed E-state index contributed by atoms with van der Waals surface area (Å²) in [6, 6.07) is 20.8. The van der Waals surface area contributed by atoms with Crippen molar-refractivity contribution in [2.45, 2.75) is 155 Å². The van der Waals surface area contributed by atoms with Crippen LogP contribution in [-0.2, 0) is 9.53 Å². The fourth-order valence-electron chi connectivity index (χ4n) is 6.72. The summed E-state index contributed by atoms with van der Waals surface area (Å²) >= 11 is 0. The average molecular weight is 699 g/mol. The molecule has 0 aliphatic heterocycles.